The molecule has 37 heavy (non-hydrogen) atoms. The van der Waals surface area contributed by atoms with Crippen LogP contribution < -0.4 is 11.1 Å². The Morgan fingerprint density at radius 2 is 1.92 bits per heavy atom. The Bertz CT molecular complexity index is 1210. The molecule has 2 amide bonds. The van der Waals surface area contributed by atoms with Gasteiger partial charge in [0.25, 0.3) is 5.91 Å². The minimum absolute atomic E-state index is 0.0480. The van der Waals surface area contributed by atoms with Gasteiger partial charge in [0.15, 0.2) is 8.32 Å². The molecule has 0 aliphatic rings. The molecular formula is C28H43N5O3Si. The number of carbonyl (C=O) groups excluding carboxylic acids is 2. The van der Waals surface area contributed by atoms with E-state index in [1.165, 1.54) is 0 Å². The Kier molecular flexibility index (Phi) is 9.36. The fraction of sp³-hybridized carbons (Fsp3) is 0.536. The van der Waals surface area contributed by atoms with Gasteiger partial charge in [0.1, 0.15) is 11.9 Å². The number of hydrogen-bond acceptors (Lipinski definition) is 4. The third-order valence-corrected chi connectivity index (χ3v) is 11.8. The summed E-state index contributed by atoms with van der Waals surface area (Å²) in [6, 6.07) is 8.16. The van der Waals surface area contributed by atoms with Gasteiger partial charge in [-0.15, -0.1) is 0 Å². The van der Waals surface area contributed by atoms with Gasteiger partial charge in [0.05, 0.1) is 11.8 Å². The molecule has 2 aromatic heterocycles. The monoisotopic (exact) mass is 525 g/mol. The maximum atomic E-state index is 12.3. The van der Waals surface area contributed by atoms with Crippen molar-refractivity contribution in [3.63, 3.8) is 0 Å². The summed E-state index contributed by atoms with van der Waals surface area (Å²) in [5.74, 6) is -0.482. The van der Waals surface area contributed by atoms with Crippen LogP contribution in [-0.4, -0.2) is 34.2 Å². The number of nitrogens with one attached hydrogen (secondary N) is 1. The van der Waals surface area contributed by atoms with Gasteiger partial charge in [-0.1, -0.05) is 46.6 Å². The maximum absolute atomic E-state index is 12.3. The van der Waals surface area contributed by atoms with Crippen molar-refractivity contribution in [2.75, 3.05) is 5.32 Å². The first-order valence-electron chi connectivity index (χ1n) is 13.3. The van der Waals surface area contributed by atoms with Crippen LogP contribution in [0, 0.1) is 0 Å². The highest BCUT2D eigenvalue weighted by Gasteiger charge is 2.39. The lowest BCUT2D eigenvalue weighted by Gasteiger charge is -2.39. The van der Waals surface area contributed by atoms with Crippen molar-refractivity contribution in [3.8, 4) is 0 Å². The summed E-state index contributed by atoms with van der Waals surface area (Å²) in [5.41, 5.74) is 7.59. The van der Waals surface area contributed by atoms with Gasteiger partial charge in [0, 0.05) is 31.0 Å². The van der Waals surface area contributed by atoms with E-state index in [0.717, 1.165) is 55.2 Å². The Balaban J connectivity index is 1.71. The fourth-order valence-corrected chi connectivity index (χ4v) is 5.33. The second kappa shape index (κ2) is 12.1. The van der Waals surface area contributed by atoms with Gasteiger partial charge >= 0.3 is 0 Å². The van der Waals surface area contributed by atoms with Crippen LogP contribution in [-0.2, 0) is 15.8 Å². The van der Waals surface area contributed by atoms with Gasteiger partial charge in [-0.3, -0.25) is 9.59 Å². The van der Waals surface area contributed by atoms with Crippen molar-refractivity contribution in [1.29, 1.82) is 0 Å². The number of rotatable bonds is 13. The molecule has 3 rings (SSSR count). The Morgan fingerprint density at radius 1 is 1.16 bits per heavy atom. The van der Waals surface area contributed by atoms with Crippen molar-refractivity contribution in [2.24, 2.45) is 5.73 Å². The summed E-state index contributed by atoms with van der Waals surface area (Å²) in [7, 11) is -2.08. The highest BCUT2D eigenvalue weighted by atomic mass is 28.4. The summed E-state index contributed by atoms with van der Waals surface area (Å²) >= 11 is 0. The number of imidazole rings is 1. The zero-order chi connectivity index (χ0) is 27.2. The number of benzene rings is 1. The second-order valence-electron chi connectivity index (χ2n) is 11.3. The number of aryl methyl sites for hydroxylation is 1. The molecule has 0 radical (unpaired) electrons. The van der Waals surface area contributed by atoms with Crippen molar-refractivity contribution < 1.29 is 14.0 Å². The van der Waals surface area contributed by atoms with Crippen LogP contribution in [0.25, 0.3) is 10.9 Å². The standard InChI is InChI=1S/C28H43N5O3Si/c1-7-8-9-11-25(34)31-22-14-13-21-15-17-32(24(21)18-22)16-10-12-26(36-37(5,6)28(2,3)4)33-19-23(27(29)35)30-20-33/h13-15,17-20,26H,7-12,16H2,1-6H3,(H2,29,35)(H,31,34)/t26-/m1/s1. The molecule has 0 fully saturated rings. The van der Waals surface area contributed by atoms with Crippen molar-refractivity contribution in [3.05, 3.63) is 48.7 Å². The normalized spacial score (nSPS) is 13.1. The lowest BCUT2D eigenvalue weighted by Crippen LogP contribution is -2.42. The Morgan fingerprint density at radius 3 is 2.57 bits per heavy atom. The van der Waals surface area contributed by atoms with Crippen LogP contribution in [0.5, 0.6) is 0 Å². The summed E-state index contributed by atoms with van der Waals surface area (Å²) in [6.07, 6.45) is 10.4. The average molecular weight is 526 g/mol. The smallest absolute Gasteiger partial charge is 0.268 e. The molecule has 2 heterocycles. The van der Waals surface area contributed by atoms with Gasteiger partial charge < -0.3 is 24.6 Å². The molecule has 0 saturated heterocycles. The van der Waals surface area contributed by atoms with E-state index >= 15 is 0 Å². The van der Waals surface area contributed by atoms with Crippen LogP contribution in [0.3, 0.4) is 0 Å². The van der Waals surface area contributed by atoms with Crippen molar-refractivity contribution in [1.82, 2.24) is 14.1 Å². The van der Waals surface area contributed by atoms with E-state index in [1.54, 1.807) is 12.5 Å². The predicted molar refractivity (Wildman–Crippen MR) is 152 cm³/mol. The highest BCUT2D eigenvalue weighted by Crippen LogP contribution is 2.39. The molecule has 0 saturated carbocycles. The summed E-state index contributed by atoms with van der Waals surface area (Å²) in [6.45, 7) is 14.0. The molecule has 3 aromatic rings. The van der Waals surface area contributed by atoms with Crippen molar-refractivity contribution >= 4 is 36.7 Å². The Labute approximate surface area is 221 Å². The van der Waals surface area contributed by atoms with E-state index in [-0.39, 0.29) is 22.9 Å². The topological polar surface area (TPSA) is 104 Å². The fourth-order valence-electron chi connectivity index (χ4n) is 4.06. The number of fused-ring (bicyclic) bond motifs is 1. The van der Waals surface area contributed by atoms with Crippen molar-refractivity contribution in [2.45, 2.75) is 97.1 Å². The zero-order valence-corrected chi connectivity index (χ0v) is 24.2. The number of amides is 2. The van der Waals surface area contributed by atoms with E-state index in [9.17, 15) is 9.59 Å². The lowest BCUT2D eigenvalue weighted by atomic mass is 10.2. The van der Waals surface area contributed by atoms with Gasteiger partial charge in [-0.05, 0) is 61.0 Å². The molecule has 0 aliphatic carbocycles. The number of nitrogens with zero attached hydrogens (tertiary/aromatic N) is 3. The van der Waals surface area contributed by atoms with Crippen LogP contribution in [0.15, 0.2) is 43.0 Å². The van der Waals surface area contributed by atoms with E-state index in [4.69, 9.17) is 10.2 Å². The summed E-state index contributed by atoms with van der Waals surface area (Å²) < 4.78 is 10.8. The number of primary amides is 1. The van der Waals surface area contributed by atoms with Gasteiger partial charge in [-0.25, -0.2) is 4.98 Å². The minimum atomic E-state index is -2.08. The number of hydrogen-bond donors (Lipinski definition) is 2. The molecule has 0 spiro atoms. The molecule has 8 nitrogen and oxygen atoms in total. The SMILES string of the molecule is CCCCCC(=O)Nc1ccc2ccn(CCC[C@@H](O[Si](C)(C)C(C)(C)C)n3cnc(C(N)=O)c3)c2c1. The number of anilines is 1. The van der Waals surface area contributed by atoms with E-state index in [1.807, 2.05) is 22.8 Å². The molecule has 0 unspecified atom stereocenters. The summed E-state index contributed by atoms with van der Waals surface area (Å²) in [5, 5.41) is 4.23. The largest absolute Gasteiger partial charge is 0.397 e. The highest BCUT2D eigenvalue weighted by molar-refractivity contribution is 6.74. The second-order valence-corrected chi connectivity index (χ2v) is 16.1. The van der Waals surface area contributed by atoms with Gasteiger partial charge in [0.2, 0.25) is 5.91 Å². The molecule has 1 atom stereocenters. The predicted octanol–water partition coefficient (Wildman–Crippen LogP) is 6.46. The molecular weight excluding hydrogens is 482 g/mol. The van der Waals surface area contributed by atoms with Crippen LogP contribution in [0.2, 0.25) is 18.1 Å². The first kappa shape index (κ1) is 28.7. The first-order chi connectivity index (χ1) is 17.4. The lowest BCUT2D eigenvalue weighted by molar-refractivity contribution is -0.116. The van der Waals surface area contributed by atoms with Gasteiger partial charge in [-0.2, -0.15) is 0 Å². The zero-order valence-electron chi connectivity index (χ0n) is 23.2. The quantitative estimate of drug-likeness (QED) is 0.197. The third-order valence-electron chi connectivity index (χ3n) is 7.34. The van der Waals surface area contributed by atoms with Crippen LogP contribution >= 0.6 is 0 Å². The summed E-state index contributed by atoms with van der Waals surface area (Å²) in [4.78, 5) is 28.1. The van der Waals surface area contributed by atoms with E-state index < -0.39 is 14.2 Å². The molecule has 1 aromatic carbocycles. The number of aromatic nitrogens is 3. The van der Waals surface area contributed by atoms with E-state index in [2.05, 4.69) is 67.9 Å². The average Bonchev–Trinajstić information content (AvgIpc) is 3.45. The number of carbonyl (C=O) groups is 2. The van der Waals surface area contributed by atoms with Crippen LogP contribution in [0.1, 0.15) is 82.9 Å². The molecule has 9 heteroatoms. The van der Waals surface area contributed by atoms with Crippen LogP contribution in [0.4, 0.5) is 5.69 Å². The molecule has 202 valence electrons. The van der Waals surface area contributed by atoms with E-state index in [0.29, 0.717) is 6.42 Å². The molecule has 0 bridgehead atoms. The number of nitrogens with two attached hydrogens (primary N) is 1. The molecule has 3 N–H and O–H groups in total. The third kappa shape index (κ3) is 7.55. The Hall–Kier alpha value is -2.91. The first-order valence-corrected chi connectivity index (χ1v) is 16.2. The molecule has 0 aliphatic heterocycles. The minimum Gasteiger partial charge on any atom is -0.397 e. The number of unbranched alkanes of at least 4 members (excludes halogenated alkanes) is 2. The maximum Gasteiger partial charge on any atom is 0.268 e.